The minimum absolute atomic E-state index is 0.166. The zero-order valence-corrected chi connectivity index (χ0v) is 9.46. The van der Waals surface area contributed by atoms with Gasteiger partial charge in [0.05, 0.1) is 5.56 Å². The maximum atomic E-state index is 11.9. The van der Waals surface area contributed by atoms with Crippen LogP contribution in [0.2, 0.25) is 0 Å². The molecule has 2 rings (SSSR count). The van der Waals surface area contributed by atoms with Crippen molar-refractivity contribution in [2.24, 2.45) is 5.73 Å². The molecule has 2 amide bonds. The standard InChI is InChI=1S/C13H11N3O2/c14-11(17)10-7-4-8-15-12(10)16-13(18)9-5-2-1-3-6-9/h1-8H,(H2,14,17)(H,15,16,18). The minimum Gasteiger partial charge on any atom is -0.365 e. The number of rotatable bonds is 3. The molecule has 0 aliphatic rings. The van der Waals surface area contributed by atoms with E-state index in [2.05, 4.69) is 10.3 Å². The van der Waals surface area contributed by atoms with Gasteiger partial charge in [0.25, 0.3) is 11.8 Å². The Kier molecular flexibility index (Phi) is 3.33. The lowest BCUT2D eigenvalue weighted by atomic mass is 10.2. The number of primary amides is 1. The molecule has 0 aliphatic heterocycles. The highest BCUT2D eigenvalue weighted by molar-refractivity contribution is 6.07. The smallest absolute Gasteiger partial charge is 0.256 e. The maximum absolute atomic E-state index is 11.9. The lowest BCUT2D eigenvalue weighted by Crippen LogP contribution is -2.19. The molecule has 2 aromatic rings. The first kappa shape index (κ1) is 11.8. The predicted octanol–water partition coefficient (Wildman–Crippen LogP) is 1.43. The molecule has 0 spiro atoms. The van der Waals surface area contributed by atoms with Crippen LogP contribution in [-0.4, -0.2) is 16.8 Å². The van der Waals surface area contributed by atoms with Crippen LogP contribution >= 0.6 is 0 Å². The summed E-state index contributed by atoms with van der Waals surface area (Å²) >= 11 is 0. The Labute approximate surface area is 104 Å². The van der Waals surface area contributed by atoms with Crippen LogP contribution in [0.5, 0.6) is 0 Å². The fourth-order valence-corrected chi connectivity index (χ4v) is 1.47. The summed E-state index contributed by atoms with van der Waals surface area (Å²) in [5.41, 5.74) is 5.87. The third-order valence-corrected chi connectivity index (χ3v) is 2.34. The normalized spacial score (nSPS) is 9.78. The van der Waals surface area contributed by atoms with E-state index in [-0.39, 0.29) is 17.3 Å². The lowest BCUT2D eigenvalue weighted by Gasteiger charge is -2.07. The summed E-state index contributed by atoms with van der Waals surface area (Å²) in [6.45, 7) is 0. The fraction of sp³-hybridized carbons (Fsp3) is 0. The molecule has 3 N–H and O–H groups in total. The van der Waals surface area contributed by atoms with E-state index >= 15 is 0 Å². The van der Waals surface area contributed by atoms with Gasteiger partial charge in [-0.15, -0.1) is 0 Å². The second-order valence-corrected chi connectivity index (χ2v) is 3.58. The van der Waals surface area contributed by atoms with Crippen LogP contribution in [0.1, 0.15) is 20.7 Å². The molecule has 0 aliphatic carbocycles. The van der Waals surface area contributed by atoms with Crippen molar-refractivity contribution >= 4 is 17.6 Å². The molecule has 0 bridgehead atoms. The van der Waals surface area contributed by atoms with E-state index in [0.29, 0.717) is 5.56 Å². The van der Waals surface area contributed by atoms with Crippen LogP contribution in [0.15, 0.2) is 48.7 Å². The Balaban J connectivity index is 2.25. The molecule has 0 saturated heterocycles. The van der Waals surface area contributed by atoms with E-state index in [1.807, 2.05) is 6.07 Å². The number of carbonyl (C=O) groups is 2. The number of carbonyl (C=O) groups excluding carboxylic acids is 2. The van der Waals surface area contributed by atoms with Gasteiger partial charge in [-0.2, -0.15) is 0 Å². The van der Waals surface area contributed by atoms with Crippen molar-refractivity contribution in [2.75, 3.05) is 5.32 Å². The maximum Gasteiger partial charge on any atom is 0.256 e. The van der Waals surface area contributed by atoms with Crippen molar-refractivity contribution in [2.45, 2.75) is 0 Å². The highest BCUT2D eigenvalue weighted by atomic mass is 16.2. The third kappa shape index (κ3) is 2.52. The van der Waals surface area contributed by atoms with E-state index in [1.165, 1.54) is 12.3 Å². The summed E-state index contributed by atoms with van der Waals surface area (Å²) < 4.78 is 0. The molecule has 90 valence electrons. The van der Waals surface area contributed by atoms with Crippen LogP contribution in [0, 0.1) is 0 Å². The number of nitrogens with two attached hydrogens (primary N) is 1. The molecule has 0 unspecified atom stereocenters. The van der Waals surface area contributed by atoms with Gasteiger partial charge >= 0.3 is 0 Å². The van der Waals surface area contributed by atoms with Crippen LogP contribution < -0.4 is 11.1 Å². The van der Waals surface area contributed by atoms with Gasteiger partial charge in [-0.25, -0.2) is 4.98 Å². The average Bonchev–Trinajstić information content (AvgIpc) is 2.40. The molecular weight excluding hydrogens is 230 g/mol. The SMILES string of the molecule is NC(=O)c1cccnc1NC(=O)c1ccccc1. The average molecular weight is 241 g/mol. The molecule has 0 radical (unpaired) electrons. The number of aromatic nitrogens is 1. The van der Waals surface area contributed by atoms with E-state index in [0.717, 1.165) is 0 Å². The van der Waals surface area contributed by atoms with Crippen LogP contribution in [0.25, 0.3) is 0 Å². The summed E-state index contributed by atoms with van der Waals surface area (Å²) in [5, 5.41) is 2.56. The first-order valence-electron chi connectivity index (χ1n) is 5.29. The van der Waals surface area contributed by atoms with Crippen LogP contribution in [0.4, 0.5) is 5.82 Å². The molecule has 18 heavy (non-hydrogen) atoms. The van der Waals surface area contributed by atoms with Crippen molar-refractivity contribution in [1.29, 1.82) is 0 Å². The van der Waals surface area contributed by atoms with Crippen molar-refractivity contribution in [3.8, 4) is 0 Å². The monoisotopic (exact) mass is 241 g/mol. The summed E-state index contributed by atoms with van der Waals surface area (Å²) in [7, 11) is 0. The van der Waals surface area contributed by atoms with Crippen molar-refractivity contribution in [1.82, 2.24) is 4.98 Å². The van der Waals surface area contributed by atoms with Crippen LogP contribution in [0.3, 0.4) is 0 Å². The molecule has 0 fully saturated rings. The molecule has 1 heterocycles. The van der Waals surface area contributed by atoms with Crippen LogP contribution in [-0.2, 0) is 0 Å². The number of nitrogens with zero attached hydrogens (tertiary/aromatic N) is 1. The molecule has 1 aromatic heterocycles. The summed E-state index contributed by atoms with van der Waals surface area (Å²) in [6, 6.07) is 11.7. The fourth-order valence-electron chi connectivity index (χ4n) is 1.47. The van der Waals surface area contributed by atoms with Gasteiger partial charge in [0.1, 0.15) is 5.82 Å². The van der Waals surface area contributed by atoms with Gasteiger partial charge in [-0.3, -0.25) is 9.59 Å². The molecule has 0 saturated carbocycles. The summed E-state index contributed by atoms with van der Waals surface area (Å²) in [5.74, 6) is -0.804. The first-order chi connectivity index (χ1) is 8.68. The number of pyridine rings is 1. The second kappa shape index (κ2) is 5.09. The topological polar surface area (TPSA) is 85.1 Å². The number of benzene rings is 1. The summed E-state index contributed by atoms with van der Waals surface area (Å²) in [4.78, 5) is 27.0. The Morgan fingerprint density at radius 2 is 1.78 bits per heavy atom. The molecular formula is C13H11N3O2. The minimum atomic E-state index is -0.633. The number of amides is 2. The highest BCUT2D eigenvalue weighted by Gasteiger charge is 2.12. The van der Waals surface area contributed by atoms with Crippen molar-refractivity contribution in [3.63, 3.8) is 0 Å². The zero-order chi connectivity index (χ0) is 13.0. The number of hydrogen-bond donors (Lipinski definition) is 2. The Hall–Kier alpha value is -2.69. The van der Waals surface area contributed by atoms with Crippen molar-refractivity contribution < 1.29 is 9.59 Å². The molecule has 5 heteroatoms. The summed E-state index contributed by atoms with van der Waals surface area (Å²) in [6.07, 6.45) is 1.48. The van der Waals surface area contributed by atoms with E-state index < -0.39 is 5.91 Å². The Morgan fingerprint density at radius 1 is 1.06 bits per heavy atom. The third-order valence-electron chi connectivity index (χ3n) is 2.34. The van der Waals surface area contributed by atoms with Gasteiger partial charge in [0.15, 0.2) is 0 Å². The molecule has 1 aromatic carbocycles. The largest absolute Gasteiger partial charge is 0.365 e. The number of anilines is 1. The van der Waals surface area contributed by atoms with E-state index in [1.54, 1.807) is 30.3 Å². The zero-order valence-electron chi connectivity index (χ0n) is 9.46. The van der Waals surface area contributed by atoms with E-state index in [4.69, 9.17) is 5.73 Å². The van der Waals surface area contributed by atoms with Gasteiger partial charge in [-0.05, 0) is 24.3 Å². The lowest BCUT2D eigenvalue weighted by molar-refractivity contribution is 0.100. The number of hydrogen-bond acceptors (Lipinski definition) is 3. The Morgan fingerprint density at radius 3 is 2.44 bits per heavy atom. The van der Waals surface area contributed by atoms with E-state index in [9.17, 15) is 9.59 Å². The van der Waals surface area contributed by atoms with Crippen molar-refractivity contribution in [3.05, 3.63) is 59.8 Å². The first-order valence-corrected chi connectivity index (χ1v) is 5.29. The second-order valence-electron chi connectivity index (χ2n) is 3.58. The van der Waals surface area contributed by atoms with Gasteiger partial charge in [0, 0.05) is 11.8 Å². The quantitative estimate of drug-likeness (QED) is 0.852. The predicted molar refractivity (Wildman–Crippen MR) is 67.2 cm³/mol. The molecule has 0 atom stereocenters. The van der Waals surface area contributed by atoms with Gasteiger partial charge < -0.3 is 11.1 Å². The van der Waals surface area contributed by atoms with Gasteiger partial charge in [-0.1, -0.05) is 18.2 Å². The van der Waals surface area contributed by atoms with Gasteiger partial charge in [0.2, 0.25) is 0 Å². The molecule has 5 nitrogen and oxygen atoms in total. The number of nitrogens with one attached hydrogen (secondary N) is 1. The highest BCUT2D eigenvalue weighted by Crippen LogP contribution is 2.12. The Bertz CT molecular complexity index is 582.